The number of allylic oxidation sites excluding steroid dienone is 8. The standard InChI is InChI=1S/C22H28/c1-5-7-8-21-15(4)22(14(3)20(21)6-2)18-10-16-9-17(12-18)13-19(22)11-16/h5-8,16-19H,1-2,9-13H2,3-4H3/b8-7-. The monoisotopic (exact) mass is 292 g/mol. The second-order valence-corrected chi connectivity index (χ2v) is 8.05. The van der Waals surface area contributed by atoms with Gasteiger partial charge in [-0.3, -0.25) is 0 Å². The van der Waals surface area contributed by atoms with Gasteiger partial charge in [0.15, 0.2) is 0 Å². The molecule has 0 unspecified atom stereocenters. The Morgan fingerprint density at radius 1 is 0.864 bits per heavy atom. The summed E-state index contributed by atoms with van der Waals surface area (Å²) < 4.78 is 0. The molecule has 0 nitrogen and oxygen atoms in total. The van der Waals surface area contributed by atoms with Crippen molar-refractivity contribution in [1.82, 2.24) is 0 Å². The van der Waals surface area contributed by atoms with Crippen molar-refractivity contribution in [3.63, 3.8) is 0 Å². The zero-order valence-corrected chi connectivity index (χ0v) is 14.1. The maximum Gasteiger partial charge on any atom is 0.0190 e. The molecule has 0 saturated heterocycles. The topological polar surface area (TPSA) is 0 Å². The Labute approximate surface area is 135 Å². The molecule has 0 amide bonds. The Hall–Kier alpha value is -1.30. The van der Waals surface area contributed by atoms with E-state index in [0.29, 0.717) is 5.41 Å². The van der Waals surface area contributed by atoms with Crippen LogP contribution in [0.25, 0.3) is 0 Å². The molecule has 0 N–H and O–H groups in total. The van der Waals surface area contributed by atoms with E-state index in [1.807, 2.05) is 6.08 Å². The van der Waals surface area contributed by atoms with Gasteiger partial charge in [-0.25, -0.2) is 0 Å². The summed E-state index contributed by atoms with van der Waals surface area (Å²) in [7, 11) is 0. The summed E-state index contributed by atoms with van der Waals surface area (Å²) in [5, 5.41) is 0. The van der Waals surface area contributed by atoms with Crippen LogP contribution in [0.3, 0.4) is 0 Å². The fourth-order valence-electron chi connectivity index (χ4n) is 6.93. The van der Waals surface area contributed by atoms with E-state index in [4.69, 9.17) is 0 Å². The molecular weight excluding hydrogens is 264 g/mol. The van der Waals surface area contributed by atoms with E-state index in [2.05, 4.69) is 45.2 Å². The largest absolute Gasteiger partial charge is 0.0991 e. The normalized spacial score (nSPS) is 43.0. The third-order valence-electron chi connectivity index (χ3n) is 7.37. The van der Waals surface area contributed by atoms with Crippen LogP contribution in [-0.2, 0) is 0 Å². The predicted molar refractivity (Wildman–Crippen MR) is 94.4 cm³/mol. The minimum absolute atomic E-state index is 0.359. The highest BCUT2D eigenvalue weighted by atomic mass is 14.6. The Morgan fingerprint density at radius 2 is 1.41 bits per heavy atom. The summed E-state index contributed by atoms with van der Waals surface area (Å²) in [5.74, 6) is 3.81. The van der Waals surface area contributed by atoms with Crippen LogP contribution in [0, 0.1) is 29.1 Å². The number of rotatable bonds is 3. The second-order valence-electron chi connectivity index (χ2n) is 8.05. The van der Waals surface area contributed by atoms with Crippen molar-refractivity contribution in [3.05, 3.63) is 59.8 Å². The van der Waals surface area contributed by atoms with Gasteiger partial charge in [-0.15, -0.1) is 0 Å². The van der Waals surface area contributed by atoms with Crippen LogP contribution in [0.1, 0.15) is 46.0 Å². The highest BCUT2D eigenvalue weighted by Gasteiger charge is 2.60. The van der Waals surface area contributed by atoms with Gasteiger partial charge in [-0.1, -0.05) is 48.6 Å². The van der Waals surface area contributed by atoms with Crippen molar-refractivity contribution >= 4 is 0 Å². The molecule has 4 bridgehead atoms. The third-order valence-corrected chi connectivity index (χ3v) is 7.37. The fraction of sp³-hybridized carbons (Fsp3) is 0.545. The lowest BCUT2D eigenvalue weighted by Crippen LogP contribution is -2.53. The third kappa shape index (κ3) is 1.59. The minimum Gasteiger partial charge on any atom is -0.0991 e. The van der Waals surface area contributed by atoms with Crippen LogP contribution >= 0.6 is 0 Å². The van der Waals surface area contributed by atoms with Gasteiger partial charge >= 0.3 is 0 Å². The molecule has 0 aliphatic heterocycles. The molecule has 0 radical (unpaired) electrons. The van der Waals surface area contributed by atoms with Crippen molar-refractivity contribution in [2.24, 2.45) is 29.1 Å². The molecule has 0 aromatic carbocycles. The molecule has 0 atom stereocenters. The maximum atomic E-state index is 4.13. The van der Waals surface area contributed by atoms with E-state index >= 15 is 0 Å². The van der Waals surface area contributed by atoms with Gasteiger partial charge in [0.05, 0.1) is 0 Å². The zero-order valence-electron chi connectivity index (χ0n) is 14.1. The number of hydrogen-bond acceptors (Lipinski definition) is 0. The molecule has 0 heteroatoms. The van der Waals surface area contributed by atoms with Crippen LogP contribution in [-0.4, -0.2) is 0 Å². The first kappa shape index (κ1) is 14.3. The van der Waals surface area contributed by atoms with Gasteiger partial charge in [0, 0.05) is 5.41 Å². The van der Waals surface area contributed by atoms with Gasteiger partial charge in [0.25, 0.3) is 0 Å². The molecular formula is C22H28. The molecule has 1 spiro atoms. The van der Waals surface area contributed by atoms with Crippen LogP contribution < -0.4 is 0 Å². The van der Waals surface area contributed by atoms with Crippen molar-refractivity contribution in [2.75, 3.05) is 0 Å². The van der Waals surface area contributed by atoms with Crippen LogP contribution in [0.2, 0.25) is 0 Å². The lowest BCUT2D eigenvalue weighted by Gasteiger charge is -2.61. The van der Waals surface area contributed by atoms with E-state index in [0.717, 1.165) is 23.7 Å². The Morgan fingerprint density at radius 3 is 1.91 bits per heavy atom. The molecule has 0 heterocycles. The Bertz CT molecular complexity index is 594. The molecule has 4 saturated carbocycles. The van der Waals surface area contributed by atoms with Crippen LogP contribution in [0.5, 0.6) is 0 Å². The summed E-state index contributed by atoms with van der Waals surface area (Å²) >= 11 is 0. The van der Waals surface area contributed by atoms with E-state index in [9.17, 15) is 0 Å². The van der Waals surface area contributed by atoms with Crippen molar-refractivity contribution in [3.8, 4) is 0 Å². The molecule has 116 valence electrons. The minimum atomic E-state index is 0.359. The lowest BCUT2D eigenvalue weighted by atomic mass is 9.42. The first-order chi connectivity index (χ1) is 10.6. The average Bonchev–Trinajstić information content (AvgIpc) is 2.70. The van der Waals surface area contributed by atoms with Gasteiger partial charge < -0.3 is 0 Å². The van der Waals surface area contributed by atoms with E-state index in [1.54, 1.807) is 11.1 Å². The van der Waals surface area contributed by atoms with Crippen molar-refractivity contribution in [1.29, 1.82) is 0 Å². The van der Waals surface area contributed by atoms with Crippen molar-refractivity contribution in [2.45, 2.75) is 46.0 Å². The van der Waals surface area contributed by atoms with Gasteiger partial charge in [-0.2, -0.15) is 0 Å². The molecule has 4 fully saturated rings. The SMILES string of the molecule is C=C/C=C\C1=C(C)C2(C(C)=C1C=C)C1CC3CC(C1)CC2C3. The highest BCUT2D eigenvalue weighted by molar-refractivity contribution is 5.62. The zero-order chi connectivity index (χ0) is 15.5. The summed E-state index contributed by atoms with van der Waals surface area (Å²) in [5.41, 5.74) is 6.45. The quantitative estimate of drug-likeness (QED) is 0.559. The molecule has 0 aromatic rings. The molecule has 5 rings (SSSR count). The van der Waals surface area contributed by atoms with Gasteiger partial charge in [-0.05, 0) is 80.8 Å². The van der Waals surface area contributed by atoms with Crippen LogP contribution in [0.4, 0.5) is 0 Å². The number of hydrogen-bond donors (Lipinski definition) is 0. The van der Waals surface area contributed by atoms with E-state index in [1.165, 1.54) is 43.3 Å². The van der Waals surface area contributed by atoms with Gasteiger partial charge in [0.1, 0.15) is 0 Å². The Kier molecular flexibility index (Phi) is 3.15. The van der Waals surface area contributed by atoms with Crippen molar-refractivity contribution < 1.29 is 0 Å². The summed E-state index contributed by atoms with van der Waals surface area (Å²) in [4.78, 5) is 0. The molecule has 22 heavy (non-hydrogen) atoms. The lowest BCUT2D eigenvalue weighted by molar-refractivity contribution is -0.0658. The maximum absolute atomic E-state index is 4.13. The van der Waals surface area contributed by atoms with E-state index < -0.39 is 0 Å². The summed E-state index contributed by atoms with van der Waals surface area (Å²) in [6, 6.07) is 0. The summed E-state index contributed by atoms with van der Waals surface area (Å²) in [6.07, 6.45) is 15.7. The fourth-order valence-corrected chi connectivity index (χ4v) is 6.93. The first-order valence-electron chi connectivity index (χ1n) is 8.97. The summed E-state index contributed by atoms with van der Waals surface area (Å²) in [6.45, 7) is 12.8. The molecule has 5 aliphatic carbocycles. The van der Waals surface area contributed by atoms with Gasteiger partial charge in [0.2, 0.25) is 0 Å². The van der Waals surface area contributed by atoms with Crippen LogP contribution in [0.15, 0.2) is 59.8 Å². The second kappa shape index (κ2) is 4.85. The smallest absolute Gasteiger partial charge is 0.0190 e. The highest BCUT2D eigenvalue weighted by Crippen LogP contribution is 2.70. The van der Waals surface area contributed by atoms with E-state index in [-0.39, 0.29) is 0 Å². The molecule has 5 aliphatic rings. The molecule has 0 aromatic heterocycles. The first-order valence-corrected chi connectivity index (χ1v) is 8.97. The average molecular weight is 292 g/mol. The Balaban J connectivity index is 1.89. The predicted octanol–water partition coefficient (Wildman–Crippen LogP) is 6.00.